The van der Waals surface area contributed by atoms with Crippen molar-refractivity contribution in [3.63, 3.8) is 0 Å². The fraction of sp³-hybridized carbons (Fsp3) is 0.517. The number of rotatable bonds is 13. The minimum atomic E-state index is -0.487. The van der Waals surface area contributed by atoms with Gasteiger partial charge in [0.2, 0.25) is 0 Å². The van der Waals surface area contributed by atoms with Crippen molar-refractivity contribution >= 4 is 37.5 Å². The molecule has 0 radical (unpaired) electrons. The summed E-state index contributed by atoms with van der Waals surface area (Å²) in [5.74, 6) is 0. The van der Waals surface area contributed by atoms with Gasteiger partial charge in [-0.3, -0.25) is 4.90 Å². The molecule has 0 aliphatic carbocycles. The van der Waals surface area contributed by atoms with Gasteiger partial charge in [0, 0.05) is 10.5 Å². The van der Waals surface area contributed by atoms with Crippen molar-refractivity contribution in [1.82, 2.24) is 4.90 Å². The number of unbranched alkanes of at least 4 members (excludes halogenated alkanes) is 6. The lowest BCUT2D eigenvalue weighted by molar-refractivity contribution is 0.0555. The lowest BCUT2D eigenvalue weighted by atomic mass is 9.95. The molecule has 174 valence electrons. The third-order valence-electron chi connectivity index (χ3n) is 6.81. The highest BCUT2D eigenvalue weighted by Crippen LogP contribution is 2.34. The molecular weight excluding hydrogens is 458 g/mol. The molecule has 3 rings (SSSR count). The van der Waals surface area contributed by atoms with Crippen LogP contribution in [-0.4, -0.2) is 29.1 Å². The molecule has 32 heavy (non-hydrogen) atoms. The van der Waals surface area contributed by atoms with E-state index in [0.717, 1.165) is 23.1 Å². The molecule has 0 saturated carbocycles. The lowest BCUT2D eigenvalue weighted by Gasteiger charge is -2.33. The molecule has 0 aliphatic heterocycles. The van der Waals surface area contributed by atoms with E-state index in [1.54, 1.807) is 0 Å². The normalized spacial score (nSPS) is 13.8. The number of benzene rings is 3. The molecule has 2 atom stereocenters. The van der Waals surface area contributed by atoms with E-state index in [-0.39, 0.29) is 6.04 Å². The Hall–Kier alpha value is -1.42. The summed E-state index contributed by atoms with van der Waals surface area (Å²) in [5.41, 5.74) is 1.02. The van der Waals surface area contributed by atoms with Crippen LogP contribution in [0.3, 0.4) is 0 Å². The van der Waals surface area contributed by atoms with Crippen LogP contribution in [0, 0.1) is 0 Å². The molecule has 0 unspecified atom stereocenters. The van der Waals surface area contributed by atoms with Crippen molar-refractivity contribution in [2.45, 2.75) is 84.3 Å². The third kappa shape index (κ3) is 6.34. The SMILES string of the molecule is CCCCCCN(CCCCCC)[C@@H](C)[C@H](O)c1ccc2cc(Br)c3ccccc3c2c1. The maximum absolute atomic E-state index is 11.4. The maximum atomic E-state index is 11.4. The van der Waals surface area contributed by atoms with Gasteiger partial charge in [-0.1, -0.05) is 105 Å². The van der Waals surface area contributed by atoms with E-state index in [4.69, 9.17) is 0 Å². The number of fused-ring (bicyclic) bond motifs is 3. The van der Waals surface area contributed by atoms with Crippen LogP contribution in [0.25, 0.3) is 21.5 Å². The second kappa shape index (κ2) is 12.7. The summed E-state index contributed by atoms with van der Waals surface area (Å²) in [6.45, 7) is 8.88. The molecular formula is C29H40BrNO. The van der Waals surface area contributed by atoms with E-state index < -0.39 is 6.10 Å². The number of aliphatic hydroxyl groups excluding tert-OH is 1. The summed E-state index contributed by atoms with van der Waals surface area (Å²) in [5, 5.41) is 16.3. The van der Waals surface area contributed by atoms with Gasteiger partial charge in [0.05, 0.1) is 6.10 Å². The molecule has 3 aromatic carbocycles. The van der Waals surface area contributed by atoms with Gasteiger partial charge in [0.25, 0.3) is 0 Å². The molecule has 0 amide bonds. The van der Waals surface area contributed by atoms with Gasteiger partial charge in [-0.15, -0.1) is 0 Å². The molecule has 3 aromatic rings. The quantitative estimate of drug-likeness (QED) is 0.188. The van der Waals surface area contributed by atoms with Gasteiger partial charge in [-0.2, -0.15) is 0 Å². The van der Waals surface area contributed by atoms with E-state index in [1.165, 1.54) is 72.9 Å². The fourth-order valence-corrected chi connectivity index (χ4v) is 5.33. The average molecular weight is 499 g/mol. The van der Waals surface area contributed by atoms with Crippen molar-refractivity contribution in [3.05, 3.63) is 58.6 Å². The highest BCUT2D eigenvalue weighted by atomic mass is 79.9. The zero-order chi connectivity index (χ0) is 22.9. The largest absolute Gasteiger partial charge is 0.387 e. The Balaban J connectivity index is 1.82. The minimum Gasteiger partial charge on any atom is -0.387 e. The van der Waals surface area contributed by atoms with E-state index in [9.17, 15) is 5.11 Å². The van der Waals surface area contributed by atoms with Crippen molar-refractivity contribution in [3.8, 4) is 0 Å². The smallest absolute Gasteiger partial charge is 0.0942 e. The molecule has 3 heteroatoms. The van der Waals surface area contributed by atoms with Crippen LogP contribution in [0.4, 0.5) is 0 Å². The van der Waals surface area contributed by atoms with Gasteiger partial charge in [0.1, 0.15) is 0 Å². The number of aliphatic hydroxyl groups is 1. The molecule has 0 fully saturated rings. The molecule has 0 aliphatic rings. The average Bonchev–Trinajstić information content (AvgIpc) is 2.82. The van der Waals surface area contributed by atoms with E-state index >= 15 is 0 Å². The number of hydrogen-bond donors (Lipinski definition) is 1. The van der Waals surface area contributed by atoms with Crippen LogP contribution in [0.5, 0.6) is 0 Å². The number of hydrogen-bond acceptors (Lipinski definition) is 2. The highest BCUT2D eigenvalue weighted by Gasteiger charge is 2.23. The molecule has 0 heterocycles. The summed E-state index contributed by atoms with van der Waals surface area (Å²) in [4.78, 5) is 2.53. The number of nitrogens with zero attached hydrogens (tertiary/aromatic N) is 1. The Labute approximate surface area is 203 Å². The first-order valence-corrected chi connectivity index (χ1v) is 13.4. The Morgan fingerprint density at radius 3 is 2.03 bits per heavy atom. The standard InChI is InChI=1S/C29H40BrNO/c1-4-6-8-12-18-31(19-13-9-7-5-2)22(3)29(32)24-17-16-23-21-28(30)26-15-11-10-14-25(26)27(23)20-24/h10-11,14-17,20-22,29,32H,4-9,12-13,18-19H2,1-3H3/t22-,29-/m0/s1. The Morgan fingerprint density at radius 2 is 1.41 bits per heavy atom. The summed E-state index contributed by atoms with van der Waals surface area (Å²) < 4.78 is 1.12. The monoisotopic (exact) mass is 497 g/mol. The van der Waals surface area contributed by atoms with Gasteiger partial charge in [-0.05, 0) is 72.1 Å². The maximum Gasteiger partial charge on any atom is 0.0942 e. The van der Waals surface area contributed by atoms with Crippen LogP contribution in [-0.2, 0) is 0 Å². The lowest BCUT2D eigenvalue weighted by Crippen LogP contribution is -2.39. The summed E-state index contributed by atoms with van der Waals surface area (Å²) in [6, 6.07) is 17.3. The minimum absolute atomic E-state index is 0.109. The van der Waals surface area contributed by atoms with Gasteiger partial charge >= 0.3 is 0 Å². The zero-order valence-electron chi connectivity index (χ0n) is 20.1. The van der Waals surface area contributed by atoms with Crippen molar-refractivity contribution in [1.29, 1.82) is 0 Å². The van der Waals surface area contributed by atoms with Gasteiger partial charge in [-0.25, -0.2) is 0 Å². The molecule has 0 aromatic heterocycles. The zero-order valence-corrected chi connectivity index (χ0v) is 21.7. The van der Waals surface area contributed by atoms with Crippen molar-refractivity contribution in [2.24, 2.45) is 0 Å². The van der Waals surface area contributed by atoms with E-state index in [0.29, 0.717) is 0 Å². The molecule has 2 nitrogen and oxygen atoms in total. The van der Waals surface area contributed by atoms with Crippen LogP contribution < -0.4 is 0 Å². The molecule has 0 spiro atoms. The predicted octanol–water partition coefficient (Wildman–Crippen LogP) is 8.64. The summed E-state index contributed by atoms with van der Waals surface area (Å²) >= 11 is 3.72. The summed E-state index contributed by atoms with van der Waals surface area (Å²) in [7, 11) is 0. The molecule has 0 saturated heterocycles. The van der Waals surface area contributed by atoms with E-state index in [2.05, 4.69) is 90.1 Å². The van der Waals surface area contributed by atoms with Crippen LogP contribution in [0.2, 0.25) is 0 Å². The van der Waals surface area contributed by atoms with Crippen LogP contribution >= 0.6 is 15.9 Å². The van der Waals surface area contributed by atoms with Crippen molar-refractivity contribution < 1.29 is 5.11 Å². The van der Waals surface area contributed by atoms with Gasteiger partial charge in [0.15, 0.2) is 0 Å². The predicted molar refractivity (Wildman–Crippen MR) is 143 cm³/mol. The topological polar surface area (TPSA) is 23.5 Å². The third-order valence-corrected chi connectivity index (χ3v) is 7.46. The fourth-order valence-electron chi connectivity index (χ4n) is 4.74. The first-order chi connectivity index (χ1) is 15.6. The first-order valence-electron chi connectivity index (χ1n) is 12.6. The molecule has 0 bridgehead atoms. The Morgan fingerprint density at radius 1 is 0.781 bits per heavy atom. The first kappa shape index (κ1) is 25.2. The Kier molecular flexibility index (Phi) is 10.0. The summed E-state index contributed by atoms with van der Waals surface area (Å²) in [6.07, 6.45) is 9.63. The van der Waals surface area contributed by atoms with E-state index in [1.807, 2.05) is 0 Å². The second-order valence-electron chi connectivity index (χ2n) is 9.23. The van der Waals surface area contributed by atoms with Crippen LogP contribution in [0.1, 0.15) is 83.8 Å². The van der Waals surface area contributed by atoms with Crippen molar-refractivity contribution in [2.75, 3.05) is 13.1 Å². The Bertz CT molecular complexity index is 973. The van der Waals surface area contributed by atoms with Crippen LogP contribution in [0.15, 0.2) is 53.0 Å². The van der Waals surface area contributed by atoms with Gasteiger partial charge < -0.3 is 5.11 Å². The second-order valence-corrected chi connectivity index (χ2v) is 10.1. The highest BCUT2D eigenvalue weighted by molar-refractivity contribution is 9.10. The number of halogens is 1. The molecule has 1 N–H and O–H groups in total.